The molecular weight excluding hydrogens is 312 g/mol. The molecule has 1 amide bonds. The summed E-state index contributed by atoms with van der Waals surface area (Å²) in [4.78, 5) is 13.9. The number of nitrogens with one attached hydrogen (secondary N) is 1. The van der Waals surface area contributed by atoms with E-state index in [0.717, 1.165) is 27.8 Å². The van der Waals surface area contributed by atoms with Gasteiger partial charge in [-0.25, -0.2) is 8.42 Å². The van der Waals surface area contributed by atoms with Crippen LogP contribution in [0.5, 0.6) is 0 Å². The molecular formula is C17H28N2O3S. The van der Waals surface area contributed by atoms with Crippen molar-refractivity contribution in [2.45, 2.75) is 58.9 Å². The molecule has 0 aromatic heterocycles. The number of nitrogens with zero attached hydrogens (tertiary/aromatic N) is 1. The highest BCUT2D eigenvalue weighted by Crippen LogP contribution is 2.30. The molecule has 0 saturated carbocycles. The first-order valence-corrected chi connectivity index (χ1v) is 9.05. The van der Waals surface area contributed by atoms with Gasteiger partial charge in [-0.2, -0.15) is 4.72 Å². The van der Waals surface area contributed by atoms with Gasteiger partial charge in [0.05, 0.1) is 4.90 Å². The van der Waals surface area contributed by atoms with E-state index in [0.29, 0.717) is 0 Å². The molecule has 1 aromatic rings. The number of hydrogen-bond donors (Lipinski definition) is 1. The number of likely N-dealkylation sites (N-methyl/N-ethyl adjacent to an activating group) is 1. The van der Waals surface area contributed by atoms with Crippen molar-refractivity contribution in [2.24, 2.45) is 0 Å². The fourth-order valence-corrected chi connectivity index (χ4v) is 4.83. The first kappa shape index (κ1) is 19.6. The van der Waals surface area contributed by atoms with Gasteiger partial charge in [-0.3, -0.25) is 4.79 Å². The van der Waals surface area contributed by atoms with Gasteiger partial charge in [0.1, 0.15) is 5.54 Å². The van der Waals surface area contributed by atoms with Gasteiger partial charge in [-0.1, -0.05) is 0 Å². The van der Waals surface area contributed by atoms with Gasteiger partial charge < -0.3 is 4.90 Å². The van der Waals surface area contributed by atoms with Crippen LogP contribution in [0.3, 0.4) is 0 Å². The fourth-order valence-electron chi connectivity index (χ4n) is 2.86. The largest absolute Gasteiger partial charge is 0.347 e. The van der Waals surface area contributed by atoms with E-state index < -0.39 is 15.6 Å². The fraction of sp³-hybridized carbons (Fsp3) is 0.588. The van der Waals surface area contributed by atoms with E-state index in [9.17, 15) is 13.2 Å². The van der Waals surface area contributed by atoms with Crippen LogP contribution < -0.4 is 4.72 Å². The SMILES string of the molecule is Cc1c(C)c(C)c(S(=O)(=O)NC(C)(C)C(=O)N(C)C)c(C)c1C. The number of sulfonamides is 1. The first-order valence-electron chi connectivity index (χ1n) is 7.56. The van der Waals surface area contributed by atoms with Gasteiger partial charge >= 0.3 is 0 Å². The molecule has 130 valence electrons. The highest BCUT2D eigenvalue weighted by molar-refractivity contribution is 7.89. The molecule has 0 atom stereocenters. The summed E-state index contributed by atoms with van der Waals surface area (Å²) in [6.45, 7) is 12.6. The molecule has 1 rings (SSSR count). The zero-order valence-electron chi connectivity index (χ0n) is 15.6. The molecule has 0 radical (unpaired) electrons. The lowest BCUT2D eigenvalue weighted by atomic mass is 9.95. The minimum atomic E-state index is -3.82. The van der Waals surface area contributed by atoms with Crippen molar-refractivity contribution in [1.29, 1.82) is 0 Å². The predicted octanol–water partition coefficient (Wildman–Crippen LogP) is 2.37. The second-order valence-corrected chi connectivity index (χ2v) is 8.50. The van der Waals surface area contributed by atoms with Gasteiger partial charge in [0.25, 0.3) is 0 Å². The lowest BCUT2D eigenvalue weighted by Gasteiger charge is -2.29. The topological polar surface area (TPSA) is 66.5 Å². The van der Waals surface area contributed by atoms with Crippen molar-refractivity contribution in [3.05, 3.63) is 27.8 Å². The molecule has 0 aliphatic carbocycles. The normalized spacial score (nSPS) is 12.4. The van der Waals surface area contributed by atoms with Crippen molar-refractivity contribution in [3.8, 4) is 0 Å². The van der Waals surface area contributed by atoms with E-state index in [1.54, 1.807) is 27.9 Å². The second-order valence-electron chi connectivity index (χ2n) is 6.88. The molecule has 0 aliphatic heterocycles. The van der Waals surface area contributed by atoms with Crippen molar-refractivity contribution in [2.75, 3.05) is 14.1 Å². The summed E-state index contributed by atoms with van der Waals surface area (Å²) in [5, 5.41) is 0. The Balaban J connectivity index is 3.50. The zero-order chi connectivity index (χ0) is 18.3. The molecule has 0 saturated heterocycles. The van der Waals surface area contributed by atoms with Gasteiger partial charge in [-0.15, -0.1) is 0 Å². The Morgan fingerprint density at radius 1 is 0.870 bits per heavy atom. The van der Waals surface area contributed by atoms with Crippen LogP contribution in [0.25, 0.3) is 0 Å². The summed E-state index contributed by atoms with van der Waals surface area (Å²) < 4.78 is 28.5. The number of rotatable bonds is 4. The standard InChI is InChI=1S/C17H28N2O3S/c1-10-11(2)13(4)15(14(5)12(10)3)23(21,22)18-17(6,7)16(20)19(8)9/h18H,1-9H3. The minimum absolute atomic E-state index is 0.276. The van der Waals surface area contributed by atoms with Crippen LogP contribution >= 0.6 is 0 Å². The molecule has 6 heteroatoms. The maximum atomic E-state index is 13.0. The lowest BCUT2D eigenvalue weighted by Crippen LogP contribution is -2.54. The molecule has 0 unspecified atom stereocenters. The maximum absolute atomic E-state index is 13.0. The smallest absolute Gasteiger partial charge is 0.242 e. The van der Waals surface area contributed by atoms with Crippen LogP contribution in [0.2, 0.25) is 0 Å². The number of carbonyl (C=O) groups is 1. The molecule has 1 aromatic carbocycles. The van der Waals surface area contributed by atoms with E-state index in [4.69, 9.17) is 0 Å². The summed E-state index contributed by atoms with van der Waals surface area (Å²) in [6, 6.07) is 0. The Labute approximate surface area is 140 Å². The Kier molecular flexibility index (Phi) is 5.33. The summed E-state index contributed by atoms with van der Waals surface area (Å²) >= 11 is 0. The van der Waals surface area contributed by atoms with Gasteiger partial charge in [0.2, 0.25) is 15.9 Å². The van der Waals surface area contributed by atoms with Crippen LogP contribution in [-0.2, 0) is 14.8 Å². The van der Waals surface area contributed by atoms with Crippen LogP contribution in [-0.4, -0.2) is 38.9 Å². The molecule has 0 heterocycles. The van der Waals surface area contributed by atoms with Crippen LogP contribution in [0.15, 0.2) is 4.90 Å². The van der Waals surface area contributed by atoms with E-state index in [-0.39, 0.29) is 10.8 Å². The van der Waals surface area contributed by atoms with Gasteiger partial charge in [0, 0.05) is 14.1 Å². The number of benzene rings is 1. The van der Waals surface area contributed by atoms with Crippen molar-refractivity contribution in [1.82, 2.24) is 9.62 Å². The number of hydrogen-bond acceptors (Lipinski definition) is 3. The van der Waals surface area contributed by atoms with Crippen LogP contribution in [0, 0.1) is 34.6 Å². The van der Waals surface area contributed by atoms with Crippen molar-refractivity contribution in [3.63, 3.8) is 0 Å². The number of amides is 1. The minimum Gasteiger partial charge on any atom is -0.347 e. The third kappa shape index (κ3) is 3.58. The molecule has 0 bridgehead atoms. The first-order chi connectivity index (χ1) is 10.2. The summed E-state index contributed by atoms with van der Waals surface area (Å²) in [7, 11) is -0.605. The van der Waals surface area contributed by atoms with Crippen molar-refractivity contribution < 1.29 is 13.2 Å². The Bertz CT molecular complexity index is 719. The third-order valence-electron chi connectivity index (χ3n) is 4.53. The van der Waals surface area contributed by atoms with Gasteiger partial charge in [-0.05, 0) is 76.3 Å². The molecule has 5 nitrogen and oxygen atoms in total. The summed E-state index contributed by atoms with van der Waals surface area (Å²) in [6.07, 6.45) is 0. The van der Waals surface area contributed by atoms with Crippen LogP contribution in [0.4, 0.5) is 0 Å². The predicted molar refractivity (Wildman–Crippen MR) is 93.2 cm³/mol. The highest BCUT2D eigenvalue weighted by atomic mass is 32.2. The zero-order valence-corrected chi connectivity index (χ0v) is 16.4. The summed E-state index contributed by atoms with van der Waals surface area (Å²) in [5.41, 5.74) is 3.27. The van der Waals surface area contributed by atoms with E-state index >= 15 is 0 Å². The Morgan fingerprint density at radius 2 is 1.22 bits per heavy atom. The molecule has 23 heavy (non-hydrogen) atoms. The Hall–Kier alpha value is -1.40. The maximum Gasteiger partial charge on any atom is 0.242 e. The lowest BCUT2D eigenvalue weighted by molar-refractivity contribution is -0.133. The molecule has 0 spiro atoms. The van der Waals surface area contributed by atoms with Gasteiger partial charge in [0.15, 0.2) is 0 Å². The quantitative estimate of drug-likeness (QED) is 0.915. The van der Waals surface area contributed by atoms with E-state index in [1.165, 1.54) is 4.90 Å². The Morgan fingerprint density at radius 3 is 1.57 bits per heavy atom. The highest BCUT2D eigenvalue weighted by Gasteiger charge is 2.36. The van der Waals surface area contributed by atoms with Crippen LogP contribution in [0.1, 0.15) is 41.7 Å². The van der Waals surface area contributed by atoms with E-state index in [1.807, 2.05) is 34.6 Å². The molecule has 1 N–H and O–H groups in total. The average molecular weight is 340 g/mol. The monoisotopic (exact) mass is 340 g/mol. The average Bonchev–Trinajstić information content (AvgIpc) is 2.40. The van der Waals surface area contributed by atoms with E-state index in [2.05, 4.69) is 4.72 Å². The molecule has 0 aliphatic rings. The van der Waals surface area contributed by atoms with Crippen molar-refractivity contribution >= 4 is 15.9 Å². The number of carbonyl (C=O) groups excluding carboxylic acids is 1. The third-order valence-corrected chi connectivity index (χ3v) is 6.46. The summed E-state index contributed by atoms with van der Waals surface area (Å²) in [5.74, 6) is -0.295. The second kappa shape index (κ2) is 6.24. The molecule has 0 fully saturated rings.